The van der Waals surface area contributed by atoms with Crippen LogP contribution in [0.15, 0.2) is 66.0 Å². The van der Waals surface area contributed by atoms with E-state index in [1.54, 1.807) is 6.92 Å². The van der Waals surface area contributed by atoms with Crippen molar-refractivity contribution in [3.8, 4) is 0 Å². The minimum Gasteiger partial charge on any atom is -0.399 e. The smallest absolute Gasteiger partial charge is 0.224 e. The van der Waals surface area contributed by atoms with Crippen LogP contribution in [0.5, 0.6) is 0 Å². The number of para-hydroxylation sites is 2. The van der Waals surface area contributed by atoms with Crippen LogP contribution in [0.1, 0.15) is 47.0 Å². The molecule has 0 aliphatic heterocycles. The van der Waals surface area contributed by atoms with E-state index in [2.05, 4.69) is 42.0 Å². The Morgan fingerprint density at radius 3 is 1.81 bits per heavy atom. The number of benzene rings is 2. The van der Waals surface area contributed by atoms with Crippen LogP contribution >= 0.6 is 12.6 Å². The maximum atomic E-state index is 10.9. The number of carbonyl (C=O) groups is 2. The predicted molar refractivity (Wildman–Crippen MR) is 132 cm³/mol. The molecule has 2 rings (SSSR count). The Morgan fingerprint density at radius 1 is 1.00 bits per heavy atom. The van der Waals surface area contributed by atoms with Gasteiger partial charge in [0.2, 0.25) is 5.91 Å². The van der Waals surface area contributed by atoms with Gasteiger partial charge in [0.25, 0.3) is 0 Å². The van der Waals surface area contributed by atoms with E-state index in [1.165, 1.54) is 0 Å². The van der Waals surface area contributed by atoms with Crippen molar-refractivity contribution in [1.29, 1.82) is 0 Å². The molecule has 0 saturated heterocycles. The van der Waals surface area contributed by atoms with Crippen LogP contribution in [0.25, 0.3) is 0 Å². The highest BCUT2D eigenvalue weighted by atomic mass is 32.1. The zero-order chi connectivity index (χ0) is 23.9. The van der Waals surface area contributed by atoms with Gasteiger partial charge in [-0.1, -0.05) is 64.1 Å². The van der Waals surface area contributed by atoms with Gasteiger partial charge in [0.15, 0.2) is 10.5 Å². The maximum Gasteiger partial charge on any atom is 0.224 e. The summed E-state index contributed by atoms with van der Waals surface area (Å²) in [5.74, 6) is 0.632. The standard InChI is InChI=1S/C9H11NO.C6H7N.C5H11NO2.C3H6OS/c1-2-9(11)10-8-6-4-3-5-7-8;7-6-4-2-1-3-5-6;1-5(2)3-4-8-6-7;1-2-3(4)5/h3-7H,2H2,1H3,(H,10,11);1-5H,7H2;5H,3-4H2,1-2H3;2H2,1H3,(H,4,5). The van der Waals surface area contributed by atoms with Crippen LogP contribution < -0.4 is 11.1 Å². The lowest BCUT2D eigenvalue weighted by molar-refractivity contribution is -0.116. The molecular weight excluding hydrogens is 414 g/mol. The summed E-state index contributed by atoms with van der Waals surface area (Å²) in [4.78, 5) is 34.1. The highest BCUT2D eigenvalue weighted by molar-refractivity contribution is 7.96. The Bertz CT molecular complexity index is 698. The fraction of sp³-hybridized carbons (Fsp3) is 0.391. The van der Waals surface area contributed by atoms with Gasteiger partial charge in [-0.2, -0.15) is 0 Å². The van der Waals surface area contributed by atoms with E-state index in [0.29, 0.717) is 25.4 Å². The summed E-state index contributed by atoms with van der Waals surface area (Å²) in [6.45, 7) is 8.18. The molecule has 2 aromatic rings. The highest BCUT2D eigenvalue weighted by Gasteiger charge is 1.95. The quantitative estimate of drug-likeness (QED) is 0.160. The summed E-state index contributed by atoms with van der Waals surface area (Å²) in [6, 6.07) is 18.9. The molecule has 31 heavy (non-hydrogen) atoms. The fourth-order valence-electron chi connectivity index (χ4n) is 1.55. The molecule has 0 fully saturated rings. The minimum atomic E-state index is -0.0509. The molecule has 0 saturated carbocycles. The third kappa shape index (κ3) is 25.1. The largest absolute Gasteiger partial charge is 0.399 e. The van der Waals surface area contributed by atoms with Crippen molar-refractivity contribution in [2.75, 3.05) is 17.7 Å². The predicted octanol–water partition coefficient (Wildman–Crippen LogP) is 5.89. The van der Waals surface area contributed by atoms with Crippen molar-refractivity contribution in [3.05, 3.63) is 65.6 Å². The van der Waals surface area contributed by atoms with Gasteiger partial charge < -0.3 is 15.9 Å². The van der Waals surface area contributed by atoms with E-state index in [0.717, 1.165) is 17.8 Å². The van der Waals surface area contributed by atoms with Gasteiger partial charge in [-0.15, -0.1) is 17.5 Å². The second-order valence-electron chi connectivity index (χ2n) is 6.52. The third-order valence-corrected chi connectivity index (χ3v) is 3.64. The molecule has 0 bridgehead atoms. The summed E-state index contributed by atoms with van der Waals surface area (Å²) in [5.41, 5.74) is 7.04. The first-order valence-corrected chi connectivity index (χ1v) is 10.5. The topological polar surface area (TPSA) is 111 Å². The van der Waals surface area contributed by atoms with E-state index >= 15 is 0 Å². The molecule has 0 aliphatic carbocycles. The van der Waals surface area contributed by atoms with Gasteiger partial charge in [-0.25, -0.2) is 0 Å². The summed E-state index contributed by atoms with van der Waals surface area (Å²) in [5, 5.41) is 4.96. The Hall–Kier alpha value is -2.87. The van der Waals surface area contributed by atoms with Crippen LogP contribution in [-0.4, -0.2) is 17.6 Å². The fourth-order valence-corrected chi connectivity index (χ4v) is 1.55. The summed E-state index contributed by atoms with van der Waals surface area (Å²) in [7, 11) is 0. The summed E-state index contributed by atoms with van der Waals surface area (Å²) >= 11 is 3.46. The molecule has 0 atom stereocenters. The SMILES string of the molecule is CC(C)CCON=O.CCC(=O)Nc1ccccc1.CCC(=O)S.Nc1ccccc1. The molecule has 0 aliphatic rings. The van der Waals surface area contributed by atoms with Gasteiger partial charge in [0.05, 0.1) is 0 Å². The normalized spacial score (nSPS) is 8.84. The van der Waals surface area contributed by atoms with Gasteiger partial charge in [0, 0.05) is 24.2 Å². The molecule has 0 heterocycles. The lowest BCUT2D eigenvalue weighted by atomic mass is 10.1. The Balaban J connectivity index is 0. The molecule has 0 aromatic heterocycles. The first-order chi connectivity index (χ1) is 14.8. The lowest BCUT2D eigenvalue weighted by Gasteiger charge is -2.00. The number of nitrogens with two attached hydrogens (primary N) is 1. The van der Waals surface area contributed by atoms with Crippen LogP contribution in [-0.2, 0) is 14.4 Å². The van der Waals surface area contributed by atoms with Crippen molar-refractivity contribution >= 4 is 35.0 Å². The number of thiol groups is 1. The molecular formula is C23H35N3O4S. The monoisotopic (exact) mass is 449 g/mol. The number of nitrogens with one attached hydrogen (secondary N) is 1. The van der Waals surface area contributed by atoms with Crippen molar-refractivity contribution in [2.45, 2.75) is 47.0 Å². The highest BCUT2D eigenvalue weighted by Crippen LogP contribution is 2.04. The van der Waals surface area contributed by atoms with Crippen LogP contribution in [0, 0.1) is 10.8 Å². The minimum absolute atomic E-state index is 0.0509. The number of hydrogen-bond donors (Lipinski definition) is 3. The molecule has 8 heteroatoms. The first-order valence-electron chi connectivity index (χ1n) is 10.1. The average Bonchev–Trinajstić information content (AvgIpc) is 2.76. The second kappa shape index (κ2) is 21.8. The third-order valence-electron chi connectivity index (χ3n) is 3.32. The van der Waals surface area contributed by atoms with Gasteiger partial charge in [-0.05, 0) is 36.6 Å². The lowest BCUT2D eigenvalue weighted by Crippen LogP contribution is -2.08. The van der Waals surface area contributed by atoms with Crippen molar-refractivity contribution in [1.82, 2.24) is 0 Å². The molecule has 0 spiro atoms. The van der Waals surface area contributed by atoms with Crippen molar-refractivity contribution < 1.29 is 14.4 Å². The van der Waals surface area contributed by atoms with Crippen LogP contribution in [0.2, 0.25) is 0 Å². The van der Waals surface area contributed by atoms with E-state index in [-0.39, 0.29) is 11.0 Å². The molecule has 3 N–H and O–H groups in total. The molecule has 172 valence electrons. The number of carbonyl (C=O) groups excluding carboxylic acids is 2. The number of nitrogens with zero attached hydrogens (tertiary/aromatic N) is 1. The van der Waals surface area contributed by atoms with Crippen molar-refractivity contribution in [3.63, 3.8) is 0 Å². The zero-order valence-corrected chi connectivity index (χ0v) is 19.7. The van der Waals surface area contributed by atoms with Gasteiger partial charge in [-0.3, -0.25) is 9.59 Å². The summed E-state index contributed by atoms with van der Waals surface area (Å²) in [6.07, 6.45) is 1.95. The van der Waals surface area contributed by atoms with Crippen molar-refractivity contribution in [2.24, 2.45) is 11.3 Å². The Morgan fingerprint density at radius 2 is 1.48 bits per heavy atom. The van der Waals surface area contributed by atoms with E-state index in [9.17, 15) is 14.5 Å². The Kier molecular flexibility index (Phi) is 21.4. The van der Waals surface area contributed by atoms with Gasteiger partial charge >= 0.3 is 0 Å². The van der Waals surface area contributed by atoms with E-state index in [1.807, 2.05) is 67.6 Å². The number of anilines is 2. The molecule has 0 unspecified atom stereocenters. The number of nitrogen functional groups attached to an aromatic ring is 1. The van der Waals surface area contributed by atoms with Crippen LogP contribution in [0.4, 0.5) is 11.4 Å². The van der Waals surface area contributed by atoms with E-state index in [4.69, 9.17) is 5.73 Å². The summed E-state index contributed by atoms with van der Waals surface area (Å²) < 4.78 is 0. The number of hydrogen-bond acceptors (Lipinski definition) is 6. The average molecular weight is 450 g/mol. The zero-order valence-electron chi connectivity index (χ0n) is 18.8. The molecule has 2 aromatic carbocycles. The van der Waals surface area contributed by atoms with E-state index < -0.39 is 0 Å². The molecule has 1 amide bonds. The Labute approximate surface area is 191 Å². The van der Waals surface area contributed by atoms with Crippen LogP contribution in [0.3, 0.4) is 0 Å². The molecule has 0 radical (unpaired) electrons. The first kappa shape index (κ1) is 30.3. The maximum absolute atomic E-state index is 10.9. The van der Waals surface area contributed by atoms with Gasteiger partial charge in [0.1, 0.15) is 6.61 Å². The second-order valence-corrected chi connectivity index (χ2v) is 7.01. The number of rotatable bonds is 7. The molecule has 7 nitrogen and oxygen atoms in total. The number of amides is 1.